The minimum atomic E-state index is -4.54. The number of aromatic nitrogens is 4. The van der Waals surface area contributed by atoms with Crippen molar-refractivity contribution in [2.24, 2.45) is 0 Å². The molecule has 6 nitrogen and oxygen atoms in total. The molecule has 0 spiro atoms. The van der Waals surface area contributed by atoms with Gasteiger partial charge in [0.25, 0.3) is 0 Å². The average Bonchev–Trinajstić information content (AvgIpc) is 3.32. The molecule has 4 heterocycles. The molecule has 5 rings (SSSR count). The van der Waals surface area contributed by atoms with Gasteiger partial charge in [-0.3, -0.25) is 0 Å². The number of benzene rings is 1. The first kappa shape index (κ1) is 18.0. The number of imidazole rings is 1. The summed E-state index contributed by atoms with van der Waals surface area (Å²) in [7, 11) is 0. The first-order chi connectivity index (χ1) is 14.0. The Kier molecular flexibility index (Phi) is 4.20. The van der Waals surface area contributed by atoms with E-state index >= 15 is 0 Å². The van der Waals surface area contributed by atoms with E-state index in [-0.39, 0.29) is 11.7 Å². The molecule has 0 bridgehead atoms. The second-order valence-corrected chi connectivity index (χ2v) is 7.27. The molecule has 3 N–H and O–H groups in total. The van der Waals surface area contributed by atoms with Crippen molar-refractivity contribution in [3.63, 3.8) is 0 Å². The van der Waals surface area contributed by atoms with Crippen molar-refractivity contribution >= 4 is 22.4 Å². The molecule has 29 heavy (non-hydrogen) atoms. The maximum atomic E-state index is 13.3. The molecule has 0 radical (unpaired) electrons. The summed E-state index contributed by atoms with van der Waals surface area (Å²) in [5, 5.41) is 12.0. The average molecular weight is 400 g/mol. The number of aromatic amines is 1. The first-order valence-electron chi connectivity index (χ1n) is 9.50. The number of rotatable bonds is 3. The summed E-state index contributed by atoms with van der Waals surface area (Å²) in [5.41, 5.74) is 1.51. The zero-order chi connectivity index (χ0) is 20.0. The number of H-pyrrole nitrogens is 1. The summed E-state index contributed by atoms with van der Waals surface area (Å²) in [6.07, 6.45) is 0.226. The standard InChI is InChI=1S/C20H19F3N6/c21-20(22,23)17-11-29-19(27-17)14(15-10-25-16-6-2-1-5-13(15)16)8-18(28-29)26-12-4-3-7-24-9-12/h1-2,5-6,8,10-12,24-25H,3-4,7,9H2,(H,26,28)/t12-/m1/s1. The molecular formula is C20H19F3N6. The van der Waals surface area contributed by atoms with Gasteiger partial charge in [0.05, 0.1) is 6.20 Å². The van der Waals surface area contributed by atoms with Gasteiger partial charge < -0.3 is 15.6 Å². The normalized spacial score (nSPS) is 17.8. The minimum absolute atomic E-state index is 0.175. The van der Waals surface area contributed by atoms with Crippen molar-refractivity contribution in [3.05, 3.63) is 48.4 Å². The van der Waals surface area contributed by atoms with E-state index in [9.17, 15) is 13.2 Å². The zero-order valence-corrected chi connectivity index (χ0v) is 15.4. The van der Waals surface area contributed by atoms with Crippen LogP contribution in [0.4, 0.5) is 19.0 Å². The SMILES string of the molecule is FC(F)(F)c1cn2nc(N[C@@H]3CCCNC3)cc(-c3c[nH]c4ccccc34)c2n1. The van der Waals surface area contributed by atoms with Crippen molar-refractivity contribution in [1.29, 1.82) is 0 Å². The lowest BCUT2D eigenvalue weighted by Gasteiger charge is -2.24. The van der Waals surface area contributed by atoms with Crippen LogP contribution in [0.1, 0.15) is 18.5 Å². The van der Waals surface area contributed by atoms with Crippen LogP contribution in [0.15, 0.2) is 42.7 Å². The summed E-state index contributed by atoms with van der Waals surface area (Å²) >= 11 is 0. The lowest BCUT2D eigenvalue weighted by molar-refractivity contribution is -0.140. The van der Waals surface area contributed by atoms with E-state index in [2.05, 4.69) is 25.7 Å². The van der Waals surface area contributed by atoms with Gasteiger partial charge in [0.15, 0.2) is 11.3 Å². The Morgan fingerprint density at radius 2 is 2.03 bits per heavy atom. The Morgan fingerprint density at radius 1 is 1.17 bits per heavy atom. The molecule has 150 valence electrons. The minimum Gasteiger partial charge on any atom is -0.365 e. The number of hydrogen-bond acceptors (Lipinski definition) is 4. The highest BCUT2D eigenvalue weighted by molar-refractivity contribution is 5.99. The molecular weight excluding hydrogens is 381 g/mol. The quantitative estimate of drug-likeness (QED) is 0.485. The number of nitrogens with one attached hydrogen (secondary N) is 3. The summed E-state index contributed by atoms with van der Waals surface area (Å²) in [6, 6.07) is 9.63. The fourth-order valence-electron chi connectivity index (χ4n) is 3.86. The van der Waals surface area contributed by atoms with Crippen LogP contribution in [0.5, 0.6) is 0 Å². The van der Waals surface area contributed by atoms with E-state index in [0.717, 1.165) is 48.6 Å². The molecule has 0 unspecified atom stereocenters. The predicted molar refractivity (Wildman–Crippen MR) is 105 cm³/mol. The van der Waals surface area contributed by atoms with Crippen LogP contribution in [0.2, 0.25) is 0 Å². The van der Waals surface area contributed by atoms with E-state index < -0.39 is 11.9 Å². The molecule has 1 saturated heterocycles. The van der Waals surface area contributed by atoms with E-state index in [1.807, 2.05) is 24.3 Å². The van der Waals surface area contributed by atoms with Gasteiger partial charge in [0.2, 0.25) is 0 Å². The number of fused-ring (bicyclic) bond motifs is 2. The molecule has 1 aliphatic heterocycles. The first-order valence-corrected chi connectivity index (χ1v) is 9.50. The van der Waals surface area contributed by atoms with Gasteiger partial charge in [-0.05, 0) is 31.5 Å². The second kappa shape index (κ2) is 6.77. The number of alkyl halides is 3. The van der Waals surface area contributed by atoms with Gasteiger partial charge in [0, 0.05) is 40.8 Å². The summed E-state index contributed by atoms with van der Waals surface area (Å²) in [5.74, 6) is 0.526. The number of anilines is 1. The highest BCUT2D eigenvalue weighted by Gasteiger charge is 2.35. The summed E-state index contributed by atoms with van der Waals surface area (Å²) in [6.45, 7) is 1.77. The number of para-hydroxylation sites is 1. The molecule has 0 aliphatic carbocycles. The van der Waals surface area contributed by atoms with E-state index in [1.165, 1.54) is 4.52 Å². The van der Waals surface area contributed by atoms with Crippen LogP contribution in [0.3, 0.4) is 0 Å². The fraction of sp³-hybridized carbons (Fsp3) is 0.300. The third-order valence-electron chi connectivity index (χ3n) is 5.24. The van der Waals surface area contributed by atoms with Crippen molar-refractivity contribution in [2.75, 3.05) is 18.4 Å². The van der Waals surface area contributed by atoms with Crippen LogP contribution in [0, 0.1) is 0 Å². The van der Waals surface area contributed by atoms with Crippen molar-refractivity contribution in [2.45, 2.75) is 25.1 Å². The molecule has 1 aromatic carbocycles. The molecule has 9 heteroatoms. The van der Waals surface area contributed by atoms with Gasteiger partial charge >= 0.3 is 6.18 Å². The Morgan fingerprint density at radius 3 is 2.83 bits per heavy atom. The lowest BCUT2D eigenvalue weighted by Crippen LogP contribution is -2.38. The van der Waals surface area contributed by atoms with Crippen molar-refractivity contribution < 1.29 is 13.2 Å². The van der Waals surface area contributed by atoms with Crippen LogP contribution >= 0.6 is 0 Å². The van der Waals surface area contributed by atoms with Crippen molar-refractivity contribution in [1.82, 2.24) is 24.9 Å². The monoisotopic (exact) mass is 400 g/mol. The van der Waals surface area contributed by atoms with E-state index in [1.54, 1.807) is 12.3 Å². The Labute approximate surface area is 164 Å². The topological polar surface area (TPSA) is 70.0 Å². The Bertz CT molecular complexity index is 1170. The number of piperidine rings is 1. The summed E-state index contributed by atoms with van der Waals surface area (Å²) < 4.78 is 41.1. The maximum Gasteiger partial charge on any atom is 0.434 e. The highest BCUT2D eigenvalue weighted by Crippen LogP contribution is 2.35. The second-order valence-electron chi connectivity index (χ2n) is 7.27. The van der Waals surface area contributed by atoms with Crippen LogP contribution in [-0.4, -0.2) is 38.7 Å². The Balaban J connectivity index is 1.68. The number of nitrogens with zero attached hydrogens (tertiary/aromatic N) is 3. The van der Waals surface area contributed by atoms with Gasteiger partial charge in [-0.2, -0.15) is 13.2 Å². The third kappa shape index (κ3) is 3.31. The van der Waals surface area contributed by atoms with E-state index in [0.29, 0.717) is 11.4 Å². The van der Waals surface area contributed by atoms with E-state index in [4.69, 9.17) is 0 Å². The summed E-state index contributed by atoms with van der Waals surface area (Å²) in [4.78, 5) is 7.04. The molecule has 0 saturated carbocycles. The fourth-order valence-corrected chi connectivity index (χ4v) is 3.86. The molecule has 1 fully saturated rings. The molecule has 3 aromatic heterocycles. The Hall–Kier alpha value is -3.07. The lowest BCUT2D eigenvalue weighted by atomic mass is 10.1. The largest absolute Gasteiger partial charge is 0.434 e. The van der Waals surface area contributed by atoms with Crippen LogP contribution in [-0.2, 0) is 6.18 Å². The smallest absolute Gasteiger partial charge is 0.365 e. The van der Waals surface area contributed by atoms with Gasteiger partial charge in [-0.1, -0.05) is 18.2 Å². The molecule has 0 amide bonds. The predicted octanol–water partition coefficient (Wildman–Crippen LogP) is 4.06. The van der Waals surface area contributed by atoms with Crippen molar-refractivity contribution in [3.8, 4) is 11.1 Å². The van der Waals surface area contributed by atoms with Crippen LogP contribution in [0.25, 0.3) is 27.7 Å². The molecule has 1 atom stereocenters. The highest BCUT2D eigenvalue weighted by atomic mass is 19.4. The third-order valence-corrected chi connectivity index (χ3v) is 5.24. The van der Waals surface area contributed by atoms with Gasteiger partial charge in [-0.15, -0.1) is 5.10 Å². The zero-order valence-electron chi connectivity index (χ0n) is 15.4. The van der Waals surface area contributed by atoms with Crippen LogP contribution < -0.4 is 10.6 Å². The number of hydrogen-bond donors (Lipinski definition) is 3. The molecule has 1 aliphatic rings. The van der Waals surface area contributed by atoms with Gasteiger partial charge in [0.1, 0.15) is 5.82 Å². The van der Waals surface area contributed by atoms with Gasteiger partial charge in [-0.25, -0.2) is 9.50 Å². The number of halogens is 3. The maximum absolute atomic E-state index is 13.3. The molecule has 4 aromatic rings.